The normalized spacial score (nSPS) is 11.3. The third kappa shape index (κ3) is 3.12. The summed E-state index contributed by atoms with van der Waals surface area (Å²) in [6, 6.07) is 5.16. The van der Waals surface area contributed by atoms with Crippen LogP contribution < -0.4 is 5.32 Å². The summed E-state index contributed by atoms with van der Waals surface area (Å²) >= 11 is 0. The van der Waals surface area contributed by atoms with Gasteiger partial charge in [0.15, 0.2) is 0 Å². The van der Waals surface area contributed by atoms with E-state index in [0.717, 1.165) is 12.0 Å². The number of hydrogen-bond donors (Lipinski definition) is 2. The van der Waals surface area contributed by atoms with Crippen molar-refractivity contribution in [3.63, 3.8) is 0 Å². The first-order valence-corrected chi connectivity index (χ1v) is 5.32. The van der Waals surface area contributed by atoms with Crippen molar-refractivity contribution in [3.05, 3.63) is 35.4 Å². The van der Waals surface area contributed by atoms with E-state index in [-0.39, 0.29) is 11.7 Å². The Morgan fingerprint density at radius 3 is 2.75 bits per heavy atom. The van der Waals surface area contributed by atoms with Gasteiger partial charge in [0.2, 0.25) is 0 Å². The number of nitrogens with one attached hydrogen (secondary N) is 1. The van der Waals surface area contributed by atoms with Crippen LogP contribution in [0.25, 0.3) is 0 Å². The van der Waals surface area contributed by atoms with E-state index in [4.69, 9.17) is 0 Å². The van der Waals surface area contributed by atoms with Gasteiger partial charge in [-0.15, -0.1) is 0 Å². The first kappa shape index (κ1) is 12.3. The molecule has 0 aromatic heterocycles. The maximum Gasteiger partial charge on any atom is 0.251 e. The number of phenols is 1. The Morgan fingerprint density at radius 1 is 1.50 bits per heavy atom. The molecule has 0 atom stereocenters. The number of hydrogen-bond acceptors (Lipinski definition) is 2. The van der Waals surface area contributed by atoms with Gasteiger partial charge in [-0.05, 0) is 38.0 Å². The fourth-order valence-electron chi connectivity index (χ4n) is 1.37. The number of anilines is 1. The fourth-order valence-corrected chi connectivity index (χ4v) is 1.37. The molecule has 0 spiro atoms. The first-order chi connectivity index (χ1) is 7.54. The molecule has 0 fully saturated rings. The largest absolute Gasteiger partial charge is 0.506 e. The molecule has 1 aromatic rings. The molecule has 2 N–H and O–H groups in total. The number of carbonyl (C=O) groups excluding carboxylic acids is 1. The highest BCUT2D eigenvalue weighted by molar-refractivity contribution is 6.04. The number of benzene rings is 1. The van der Waals surface area contributed by atoms with Gasteiger partial charge in [0.25, 0.3) is 5.91 Å². The van der Waals surface area contributed by atoms with Crippen molar-refractivity contribution in [1.82, 2.24) is 0 Å². The number of phenolic OH excluding ortho intramolecular Hbond substituents is 1. The number of aryl methyl sites for hydroxylation is 1. The number of carbonyl (C=O) groups is 1. The summed E-state index contributed by atoms with van der Waals surface area (Å²) in [5.74, 6) is -0.0846. The average Bonchev–Trinajstić information content (AvgIpc) is 2.22. The van der Waals surface area contributed by atoms with Gasteiger partial charge in [-0.2, -0.15) is 0 Å². The summed E-state index contributed by atoms with van der Waals surface area (Å²) < 4.78 is 0. The van der Waals surface area contributed by atoms with Crippen LogP contribution in [0.3, 0.4) is 0 Å². The molecular weight excluding hydrogens is 202 g/mol. The third-order valence-corrected chi connectivity index (χ3v) is 2.27. The second kappa shape index (κ2) is 5.35. The van der Waals surface area contributed by atoms with Gasteiger partial charge in [-0.3, -0.25) is 4.79 Å². The molecule has 1 amide bonds. The van der Waals surface area contributed by atoms with E-state index in [1.165, 1.54) is 0 Å². The molecule has 0 aliphatic heterocycles. The van der Waals surface area contributed by atoms with Gasteiger partial charge in [0.1, 0.15) is 5.75 Å². The van der Waals surface area contributed by atoms with Gasteiger partial charge in [-0.25, -0.2) is 0 Å². The number of amides is 1. The lowest BCUT2D eigenvalue weighted by Crippen LogP contribution is -2.12. The molecule has 0 radical (unpaired) electrons. The monoisotopic (exact) mass is 219 g/mol. The van der Waals surface area contributed by atoms with Crippen LogP contribution in [0.5, 0.6) is 5.75 Å². The number of aromatic hydroxyl groups is 1. The quantitative estimate of drug-likeness (QED) is 0.606. The van der Waals surface area contributed by atoms with Crippen LogP contribution in [0.15, 0.2) is 29.8 Å². The molecule has 3 heteroatoms. The van der Waals surface area contributed by atoms with Crippen LogP contribution in [0, 0.1) is 6.92 Å². The minimum absolute atomic E-state index is 0.0950. The van der Waals surface area contributed by atoms with E-state index < -0.39 is 0 Å². The van der Waals surface area contributed by atoms with Crippen LogP contribution in [0.1, 0.15) is 25.8 Å². The van der Waals surface area contributed by atoms with E-state index in [0.29, 0.717) is 11.3 Å². The maximum atomic E-state index is 11.6. The molecule has 0 bridgehead atoms. The number of allylic oxidation sites excluding steroid dienone is 1. The van der Waals surface area contributed by atoms with E-state index >= 15 is 0 Å². The van der Waals surface area contributed by atoms with Crippen LogP contribution in [-0.4, -0.2) is 11.0 Å². The lowest BCUT2D eigenvalue weighted by molar-refractivity contribution is -0.112. The third-order valence-electron chi connectivity index (χ3n) is 2.27. The zero-order chi connectivity index (χ0) is 12.1. The molecule has 1 aromatic carbocycles. The van der Waals surface area contributed by atoms with Gasteiger partial charge in [0.05, 0.1) is 5.69 Å². The second-order valence-corrected chi connectivity index (χ2v) is 3.77. The van der Waals surface area contributed by atoms with E-state index in [2.05, 4.69) is 5.32 Å². The van der Waals surface area contributed by atoms with Crippen molar-refractivity contribution in [3.8, 4) is 5.75 Å². The van der Waals surface area contributed by atoms with Crippen LogP contribution >= 0.6 is 0 Å². The van der Waals surface area contributed by atoms with Crippen molar-refractivity contribution in [2.75, 3.05) is 5.32 Å². The van der Waals surface area contributed by atoms with Gasteiger partial charge in [-0.1, -0.05) is 19.1 Å². The second-order valence-electron chi connectivity index (χ2n) is 3.77. The Morgan fingerprint density at radius 2 is 2.19 bits per heavy atom. The predicted octanol–water partition coefficient (Wildman–Crippen LogP) is 3.00. The maximum absolute atomic E-state index is 11.6. The smallest absolute Gasteiger partial charge is 0.251 e. The minimum atomic E-state index is -0.180. The molecule has 3 nitrogen and oxygen atoms in total. The van der Waals surface area contributed by atoms with Crippen molar-refractivity contribution >= 4 is 11.6 Å². The van der Waals surface area contributed by atoms with Crippen LogP contribution in [-0.2, 0) is 4.79 Å². The average molecular weight is 219 g/mol. The Kier molecular flexibility index (Phi) is 4.11. The Labute approximate surface area is 95.8 Å². The summed E-state index contributed by atoms with van der Waals surface area (Å²) in [4.78, 5) is 11.6. The summed E-state index contributed by atoms with van der Waals surface area (Å²) in [7, 11) is 0. The summed E-state index contributed by atoms with van der Waals surface area (Å²) in [5, 5.41) is 12.3. The van der Waals surface area contributed by atoms with Crippen molar-refractivity contribution in [2.45, 2.75) is 27.2 Å². The highest BCUT2D eigenvalue weighted by atomic mass is 16.3. The molecule has 86 valence electrons. The molecule has 1 rings (SSSR count). The van der Waals surface area contributed by atoms with E-state index in [9.17, 15) is 9.90 Å². The first-order valence-electron chi connectivity index (χ1n) is 5.32. The highest BCUT2D eigenvalue weighted by Gasteiger charge is 2.07. The van der Waals surface area contributed by atoms with Crippen LogP contribution in [0.2, 0.25) is 0 Å². The molecule has 0 saturated heterocycles. The predicted molar refractivity (Wildman–Crippen MR) is 65.5 cm³/mol. The summed E-state index contributed by atoms with van der Waals surface area (Å²) in [6.45, 7) is 5.61. The summed E-state index contributed by atoms with van der Waals surface area (Å²) in [6.07, 6.45) is 2.67. The molecular formula is C13H17NO2. The van der Waals surface area contributed by atoms with Crippen LogP contribution in [0.4, 0.5) is 5.69 Å². The molecule has 0 aliphatic rings. The standard InChI is InChI=1S/C13H17NO2/c1-4-5-10(3)13(16)14-11-7-6-9(2)8-12(11)15/h5-8,15H,4H2,1-3H3,(H,14,16). The molecule has 0 aliphatic carbocycles. The lowest BCUT2D eigenvalue weighted by Gasteiger charge is -2.08. The van der Waals surface area contributed by atoms with E-state index in [1.54, 1.807) is 19.1 Å². The van der Waals surface area contributed by atoms with Gasteiger partial charge < -0.3 is 10.4 Å². The topological polar surface area (TPSA) is 49.3 Å². The van der Waals surface area contributed by atoms with Crippen molar-refractivity contribution in [2.24, 2.45) is 0 Å². The fraction of sp³-hybridized carbons (Fsp3) is 0.308. The molecule has 0 saturated carbocycles. The van der Waals surface area contributed by atoms with E-state index in [1.807, 2.05) is 26.0 Å². The summed E-state index contributed by atoms with van der Waals surface area (Å²) in [5.41, 5.74) is 2.05. The van der Waals surface area contributed by atoms with Crippen molar-refractivity contribution in [1.29, 1.82) is 0 Å². The Hall–Kier alpha value is -1.77. The Bertz CT molecular complexity index is 422. The lowest BCUT2D eigenvalue weighted by atomic mass is 10.2. The molecule has 0 heterocycles. The van der Waals surface area contributed by atoms with Gasteiger partial charge in [0, 0.05) is 5.57 Å². The van der Waals surface area contributed by atoms with Gasteiger partial charge >= 0.3 is 0 Å². The Balaban J connectivity index is 2.81. The zero-order valence-corrected chi connectivity index (χ0v) is 9.87. The highest BCUT2D eigenvalue weighted by Crippen LogP contribution is 2.24. The minimum Gasteiger partial charge on any atom is -0.506 e. The SMILES string of the molecule is CCC=C(C)C(=O)Nc1ccc(C)cc1O. The zero-order valence-electron chi connectivity index (χ0n) is 9.87. The molecule has 16 heavy (non-hydrogen) atoms. The number of rotatable bonds is 3. The molecule has 0 unspecified atom stereocenters. The van der Waals surface area contributed by atoms with Crippen molar-refractivity contribution < 1.29 is 9.90 Å².